The summed E-state index contributed by atoms with van der Waals surface area (Å²) in [6, 6.07) is 3.70. The molecule has 3 aromatic rings. The van der Waals surface area contributed by atoms with Crippen molar-refractivity contribution in [2.75, 3.05) is 0 Å². The fourth-order valence-electron chi connectivity index (χ4n) is 1.74. The summed E-state index contributed by atoms with van der Waals surface area (Å²) >= 11 is 9.39. The van der Waals surface area contributed by atoms with Crippen LogP contribution >= 0.6 is 27.5 Å². The van der Waals surface area contributed by atoms with Gasteiger partial charge in [0.2, 0.25) is 0 Å². The van der Waals surface area contributed by atoms with Crippen molar-refractivity contribution in [3.8, 4) is 11.3 Å². The van der Waals surface area contributed by atoms with Gasteiger partial charge in [-0.2, -0.15) is 10.2 Å². The molecule has 0 fully saturated rings. The molecule has 0 spiro atoms. The lowest BCUT2D eigenvalue weighted by molar-refractivity contribution is 0.775. The molecule has 17 heavy (non-hydrogen) atoms. The Balaban J connectivity index is 2.40. The minimum absolute atomic E-state index is 0.410. The van der Waals surface area contributed by atoms with Crippen LogP contribution in [0.5, 0.6) is 0 Å². The topological polar surface area (TPSA) is 48.0 Å². The molecule has 0 aliphatic rings. The zero-order valence-corrected chi connectivity index (χ0v) is 11.1. The van der Waals surface area contributed by atoms with Gasteiger partial charge in [-0.15, -0.1) is 0 Å². The minimum atomic E-state index is 0.410. The maximum atomic E-state index is 6.01. The van der Waals surface area contributed by atoms with Crippen molar-refractivity contribution >= 4 is 33.2 Å². The minimum Gasteiger partial charge on any atom is -0.268 e. The van der Waals surface area contributed by atoms with Gasteiger partial charge in [-0.3, -0.25) is 4.68 Å². The molecule has 0 aromatic carbocycles. The van der Waals surface area contributed by atoms with E-state index in [0.29, 0.717) is 5.15 Å². The van der Waals surface area contributed by atoms with Crippen molar-refractivity contribution in [1.82, 2.24) is 24.4 Å². The molecule has 3 aromatic heterocycles. The molecule has 0 amide bonds. The molecule has 3 rings (SSSR count). The standard InChI is InChI=1S/C10H7BrClN5/c1-16-7(2-3-14-16)6-4-9(12)15-17-8(11)5-13-10(6)17/h2-5H,1H3. The summed E-state index contributed by atoms with van der Waals surface area (Å²) in [6.07, 6.45) is 3.43. The summed E-state index contributed by atoms with van der Waals surface area (Å²) in [6.45, 7) is 0. The SMILES string of the molecule is Cn1nccc1-c1cc(Cl)nn2c(Br)cnc12. The third-order valence-electron chi connectivity index (χ3n) is 2.49. The van der Waals surface area contributed by atoms with Crippen molar-refractivity contribution in [2.45, 2.75) is 0 Å². The van der Waals surface area contributed by atoms with Crippen LogP contribution in [0.25, 0.3) is 16.9 Å². The molecular weight excluding hydrogens is 306 g/mol. The van der Waals surface area contributed by atoms with Crippen LogP contribution in [0.2, 0.25) is 5.15 Å². The number of rotatable bonds is 1. The zero-order chi connectivity index (χ0) is 12.0. The molecule has 3 heterocycles. The van der Waals surface area contributed by atoms with Gasteiger partial charge in [0.1, 0.15) is 4.60 Å². The van der Waals surface area contributed by atoms with Crippen molar-refractivity contribution in [2.24, 2.45) is 7.05 Å². The van der Waals surface area contributed by atoms with Gasteiger partial charge >= 0.3 is 0 Å². The molecule has 0 N–H and O–H groups in total. The third kappa shape index (κ3) is 1.64. The molecule has 0 saturated carbocycles. The van der Waals surface area contributed by atoms with Crippen LogP contribution in [0.4, 0.5) is 0 Å². The zero-order valence-electron chi connectivity index (χ0n) is 8.80. The Hall–Kier alpha value is -1.40. The molecule has 0 aliphatic carbocycles. The van der Waals surface area contributed by atoms with E-state index < -0.39 is 0 Å². The van der Waals surface area contributed by atoms with Crippen LogP contribution in [0.3, 0.4) is 0 Å². The summed E-state index contributed by atoms with van der Waals surface area (Å²) < 4.78 is 4.19. The molecule has 5 nitrogen and oxygen atoms in total. The van der Waals surface area contributed by atoms with Gasteiger partial charge in [0, 0.05) is 18.8 Å². The maximum absolute atomic E-state index is 6.01. The van der Waals surface area contributed by atoms with Gasteiger partial charge in [0.15, 0.2) is 10.8 Å². The van der Waals surface area contributed by atoms with E-state index in [9.17, 15) is 0 Å². The first-order valence-corrected chi connectivity index (χ1v) is 6.02. The van der Waals surface area contributed by atoms with Crippen molar-refractivity contribution in [3.63, 3.8) is 0 Å². The Kier molecular flexibility index (Phi) is 2.41. The number of hydrogen-bond donors (Lipinski definition) is 0. The highest BCUT2D eigenvalue weighted by molar-refractivity contribution is 9.10. The molecule has 0 saturated heterocycles. The van der Waals surface area contributed by atoms with Crippen LogP contribution < -0.4 is 0 Å². The fourth-order valence-corrected chi connectivity index (χ4v) is 2.27. The number of hydrogen-bond acceptors (Lipinski definition) is 3. The van der Waals surface area contributed by atoms with Crippen molar-refractivity contribution < 1.29 is 0 Å². The highest BCUT2D eigenvalue weighted by atomic mass is 79.9. The lowest BCUT2D eigenvalue weighted by Crippen LogP contribution is -1.99. The summed E-state index contributed by atoms with van der Waals surface area (Å²) in [7, 11) is 1.87. The normalized spacial score (nSPS) is 11.2. The van der Waals surface area contributed by atoms with Crippen LogP contribution in [0.15, 0.2) is 29.1 Å². The molecule has 0 aliphatic heterocycles. The van der Waals surface area contributed by atoms with E-state index in [1.54, 1.807) is 27.7 Å². The quantitative estimate of drug-likeness (QED) is 0.694. The summed E-state index contributed by atoms with van der Waals surface area (Å²) in [5.41, 5.74) is 2.58. The van der Waals surface area contributed by atoms with Crippen LogP contribution in [-0.4, -0.2) is 24.4 Å². The van der Waals surface area contributed by atoms with Crippen LogP contribution in [-0.2, 0) is 7.05 Å². The Morgan fingerprint density at radius 1 is 1.41 bits per heavy atom. The second-order valence-corrected chi connectivity index (χ2v) is 4.74. The highest BCUT2D eigenvalue weighted by Gasteiger charge is 2.13. The van der Waals surface area contributed by atoms with Crippen LogP contribution in [0.1, 0.15) is 0 Å². The Bertz CT molecular complexity index is 702. The maximum Gasteiger partial charge on any atom is 0.164 e. The molecule has 0 radical (unpaired) electrons. The largest absolute Gasteiger partial charge is 0.268 e. The van der Waals surface area contributed by atoms with Crippen molar-refractivity contribution in [1.29, 1.82) is 0 Å². The van der Waals surface area contributed by atoms with E-state index in [2.05, 4.69) is 31.1 Å². The van der Waals surface area contributed by atoms with Crippen LogP contribution in [0, 0.1) is 0 Å². The Morgan fingerprint density at radius 2 is 2.24 bits per heavy atom. The Morgan fingerprint density at radius 3 is 2.94 bits per heavy atom. The monoisotopic (exact) mass is 311 g/mol. The van der Waals surface area contributed by atoms with Gasteiger partial charge in [-0.05, 0) is 28.1 Å². The number of nitrogens with zero attached hydrogens (tertiary/aromatic N) is 5. The van der Waals surface area contributed by atoms with E-state index in [-0.39, 0.29) is 0 Å². The van der Waals surface area contributed by atoms with E-state index >= 15 is 0 Å². The first-order chi connectivity index (χ1) is 8.16. The van der Waals surface area contributed by atoms with Gasteiger partial charge in [-0.25, -0.2) is 9.50 Å². The molecule has 0 atom stereocenters. The lowest BCUT2D eigenvalue weighted by atomic mass is 10.2. The third-order valence-corrected chi connectivity index (χ3v) is 3.22. The molecule has 0 bridgehead atoms. The number of imidazole rings is 1. The molecule has 7 heteroatoms. The van der Waals surface area contributed by atoms with E-state index in [1.807, 2.05) is 13.1 Å². The highest BCUT2D eigenvalue weighted by Crippen LogP contribution is 2.26. The number of halogens is 2. The summed E-state index contributed by atoms with van der Waals surface area (Å²) in [5, 5.41) is 8.73. The predicted octanol–water partition coefficient (Wildman–Crippen LogP) is 2.55. The average Bonchev–Trinajstić information content (AvgIpc) is 2.86. The fraction of sp³-hybridized carbons (Fsp3) is 0.100. The van der Waals surface area contributed by atoms with Gasteiger partial charge in [0.25, 0.3) is 0 Å². The smallest absolute Gasteiger partial charge is 0.164 e. The Labute approximate surface area is 110 Å². The van der Waals surface area contributed by atoms with Crippen molar-refractivity contribution in [3.05, 3.63) is 34.3 Å². The molecule has 86 valence electrons. The van der Waals surface area contributed by atoms with E-state index in [1.165, 1.54) is 0 Å². The first-order valence-electron chi connectivity index (χ1n) is 4.85. The number of fused-ring (bicyclic) bond motifs is 1. The van der Waals surface area contributed by atoms with Gasteiger partial charge < -0.3 is 0 Å². The summed E-state index contributed by atoms with van der Waals surface area (Å²) in [4.78, 5) is 4.31. The number of aromatic nitrogens is 5. The number of aryl methyl sites for hydroxylation is 1. The average molecular weight is 313 g/mol. The molecule has 0 unspecified atom stereocenters. The predicted molar refractivity (Wildman–Crippen MR) is 67.9 cm³/mol. The second kappa shape index (κ2) is 3.82. The lowest BCUT2D eigenvalue weighted by Gasteiger charge is -2.04. The van der Waals surface area contributed by atoms with E-state index in [0.717, 1.165) is 21.5 Å². The van der Waals surface area contributed by atoms with E-state index in [4.69, 9.17) is 11.6 Å². The van der Waals surface area contributed by atoms with Gasteiger partial charge in [-0.1, -0.05) is 11.6 Å². The molecular formula is C10H7BrClN5. The van der Waals surface area contributed by atoms with Gasteiger partial charge in [0.05, 0.1) is 11.9 Å². The second-order valence-electron chi connectivity index (χ2n) is 3.54. The summed E-state index contributed by atoms with van der Waals surface area (Å²) in [5.74, 6) is 0. The first kappa shape index (κ1) is 10.7.